The van der Waals surface area contributed by atoms with Gasteiger partial charge in [0.1, 0.15) is 30.3 Å². The molecule has 6 atom stereocenters. The Bertz CT molecular complexity index is 866. The fraction of sp³-hybridized carbons (Fsp3) is 0.708. The Morgan fingerprint density at radius 1 is 0.944 bits per heavy atom. The van der Waals surface area contributed by atoms with Gasteiger partial charge in [0, 0.05) is 11.0 Å². The van der Waals surface area contributed by atoms with Crippen LogP contribution in [0.2, 0.25) is 0 Å². The van der Waals surface area contributed by atoms with Crippen molar-refractivity contribution in [2.75, 3.05) is 11.5 Å². The highest BCUT2D eigenvalue weighted by Crippen LogP contribution is 2.21. The third kappa shape index (κ3) is 8.43. The molecule has 2 bridgehead atoms. The van der Waals surface area contributed by atoms with Crippen LogP contribution in [0.15, 0.2) is 12.2 Å². The number of thiol groups is 1. The number of esters is 1. The third-order valence-electron chi connectivity index (χ3n) is 5.99. The lowest BCUT2D eigenvalue weighted by atomic mass is 10.0. The lowest BCUT2D eigenvalue weighted by Crippen LogP contribution is -2.59. The second kappa shape index (κ2) is 13.9. The highest BCUT2D eigenvalue weighted by Gasteiger charge is 2.39. The number of amides is 4. The summed E-state index contributed by atoms with van der Waals surface area (Å²) in [5.41, 5.74) is 0. The van der Waals surface area contributed by atoms with Gasteiger partial charge >= 0.3 is 5.97 Å². The first-order valence-corrected chi connectivity index (χ1v) is 13.9. The zero-order chi connectivity index (χ0) is 27.0. The molecule has 10 nitrogen and oxygen atoms in total. The Balaban J connectivity index is 2.44. The average Bonchev–Trinajstić information content (AvgIpc) is 2.93. The summed E-state index contributed by atoms with van der Waals surface area (Å²) >= 11 is 5.53. The van der Waals surface area contributed by atoms with Crippen LogP contribution in [0.1, 0.15) is 47.5 Å². The van der Waals surface area contributed by atoms with E-state index < -0.39 is 59.9 Å². The summed E-state index contributed by atoms with van der Waals surface area (Å²) in [5, 5.41) is 10.6. The summed E-state index contributed by atoms with van der Waals surface area (Å²) in [6.45, 7) is 8.90. The van der Waals surface area contributed by atoms with Crippen molar-refractivity contribution < 1.29 is 28.7 Å². The predicted molar refractivity (Wildman–Crippen MR) is 141 cm³/mol. The van der Waals surface area contributed by atoms with Gasteiger partial charge in [0.2, 0.25) is 23.6 Å². The normalized spacial score (nSPS) is 31.1. The van der Waals surface area contributed by atoms with Gasteiger partial charge in [-0.1, -0.05) is 40.7 Å². The molecule has 0 aromatic heterocycles. The maximum atomic E-state index is 13.2. The second-order valence-corrected chi connectivity index (χ2v) is 11.6. The number of carbonyl (C=O) groups is 5. The van der Waals surface area contributed by atoms with Crippen molar-refractivity contribution in [3.63, 3.8) is 0 Å². The molecule has 12 heteroatoms. The number of rotatable bonds is 5. The van der Waals surface area contributed by atoms with Crippen LogP contribution in [0.3, 0.4) is 0 Å². The fourth-order valence-electron chi connectivity index (χ4n) is 3.82. The Morgan fingerprint density at radius 2 is 1.61 bits per heavy atom. The first-order valence-electron chi connectivity index (χ1n) is 12.2. The van der Waals surface area contributed by atoms with Gasteiger partial charge in [0.15, 0.2) is 0 Å². The number of cyclic esters (lactones) is 1. The van der Waals surface area contributed by atoms with E-state index in [1.165, 1.54) is 11.8 Å². The van der Waals surface area contributed by atoms with E-state index in [1.54, 1.807) is 46.8 Å². The maximum Gasteiger partial charge on any atom is 0.329 e. The number of ether oxygens (including phenoxy) is 1. The number of carbonyl (C=O) groups excluding carboxylic acids is 5. The number of allylic oxidation sites excluding steroid dienone is 1. The van der Waals surface area contributed by atoms with Crippen molar-refractivity contribution in [2.24, 2.45) is 11.8 Å². The first-order chi connectivity index (χ1) is 16.9. The van der Waals surface area contributed by atoms with Crippen molar-refractivity contribution >= 4 is 54.0 Å². The first kappa shape index (κ1) is 30.0. The zero-order valence-corrected chi connectivity index (χ0v) is 23.1. The highest BCUT2D eigenvalue weighted by molar-refractivity contribution is 8.00. The number of thioether (sulfide) groups is 1. The van der Waals surface area contributed by atoms with Crippen LogP contribution in [0, 0.1) is 11.8 Å². The van der Waals surface area contributed by atoms with Crippen LogP contribution < -0.4 is 21.3 Å². The molecule has 2 aliphatic rings. The number of fused-ring (bicyclic) bond motifs is 3. The largest absolute Gasteiger partial charge is 0.456 e. The molecule has 0 saturated carbocycles. The molecule has 0 aromatic rings. The molecule has 0 spiro atoms. The minimum atomic E-state index is -0.981. The lowest BCUT2D eigenvalue weighted by molar-refractivity contribution is -0.153. The smallest absolute Gasteiger partial charge is 0.329 e. The molecule has 0 aromatic carbocycles. The van der Waals surface area contributed by atoms with Gasteiger partial charge in [0.25, 0.3) is 0 Å². The van der Waals surface area contributed by atoms with Crippen LogP contribution in [-0.4, -0.2) is 76.6 Å². The van der Waals surface area contributed by atoms with Gasteiger partial charge in [0.05, 0.1) is 6.42 Å². The molecule has 2 heterocycles. The number of nitrogens with one attached hydrogen (secondary N) is 4. The summed E-state index contributed by atoms with van der Waals surface area (Å²) in [7, 11) is 0. The third-order valence-corrected chi connectivity index (χ3v) is 7.57. The monoisotopic (exact) mass is 542 g/mol. The van der Waals surface area contributed by atoms with Gasteiger partial charge in [-0.15, -0.1) is 0 Å². The van der Waals surface area contributed by atoms with Crippen molar-refractivity contribution in [3.8, 4) is 0 Å². The van der Waals surface area contributed by atoms with Crippen molar-refractivity contribution in [1.82, 2.24) is 21.3 Å². The molecule has 1 unspecified atom stereocenters. The Kier molecular flexibility index (Phi) is 11.6. The van der Waals surface area contributed by atoms with Gasteiger partial charge in [-0.25, -0.2) is 4.79 Å². The molecule has 2 fully saturated rings. The maximum absolute atomic E-state index is 13.2. The molecular weight excluding hydrogens is 504 g/mol. The van der Waals surface area contributed by atoms with E-state index in [2.05, 4.69) is 33.9 Å². The molecule has 202 valence electrons. The average molecular weight is 543 g/mol. The minimum Gasteiger partial charge on any atom is -0.456 e. The van der Waals surface area contributed by atoms with E-state index in [0.717, 1.165) is 0 Å². The molecule has 4 N–H and O–H groups in total. The second-order valence-electron chi connectivity index (χ2n) is 9.73. The summed E-state index contributed by atoms with van der Waals surface area (Å²) in [5.74, 6) is -2.42. The van der Waals surface area contributed by atoms with Gasteiger partial charge in [-0.05, 0) is 30.1 Å². The van der Waals surface area contributed by atoms with Crippen molar-refractivity contribution in [2.45, 2.75) is 83.0 Å². The molecule has 2 rings (SSSR count). The SMILES string of the molecule is CC(C)[C@@H]1NC(=O)C2NC(=O)[C@@H](CS[C@@H]2C)NC(=O)[C@@H](C(C)C)NC(=O)C[C@H](/C=C/CCS)OC1=O. The van der Waals surface area contributed by atoms with E-state index >= 15 is 0 Å². The quantitative estimate of drug-likeness (QED) is 0.194. The molecule has 0 aliphatic carbocycles. The Labute approximate surface area is 222 Å². The van der Waals surface area contributed by atoms with Crippen LogP contribution in [0.5, 0.6) is 0 Å². The summed E-state index contributed by atoms with van der Waals surface area (Å²) in [6, 6.07) is -3.66. The zero-order valence-electron chi connectivity index (χ0n) is 21.4. The topological polar surface area (TPSA) is 143 Å². The van der Waals surface area contributed by atoms with E-state index in [4.69, 9.17) is 4.74 Å². The summed E-state index contributed by atoms with van der Waals surface area (Å²) < 4.78 is 5.65. The van der Waals surface area contributed by atoms with Gasteiger partial charge < -0.3 is 26.0 Å². The van der Waals surface area contributed by atoms with E-state index in [0.29, 0.717) is 12.2 Å². The van der Waals surface area contributed by atoms with Crippen molar-refractivity contribution in [1.29, 1.82) is 0 Å². The highest BCUT2D eigenvalue weighted by atomic mass is 32.2. The van der Waals surface area contributed by atoms with Crippen molar-refractivity contribution in [3.05, 3.63) is 12.2 Å². The molecule has 36 heavy (non-hydrogen) atoms. The van der Waals surface area contributed by atoms with Crippen LogP contribution in [0.4, 0.5) is 0 Å². The van der Waals surface area contributed by atoms with E-state index in [-0.39, 0.29) is 29.3 Å². The molecule has 2 aliphatic heterocycles. The molecular formula is C24H38N4O6S2. The van der Waals surface area contributed by atoms with Gasteiger partial charge in [-0.3, -0.25) is 19.2 Å². The van der Waals surface area contributed by atoms with Crippen LogP contribution >= 0.6 is 24.4 Å². The van der Waals surface area contributed by atoms with E-state index in [1.807, 2.05) is 0 Å². The predicted octanol–water partition coefficient (Wildman–Crippen LogP) is 0.565. The van der Waals surface area contributed by atoms with Crippen LogP contribution in [-0.2, 0) is 28.7 Å². The molecule has 0 radical (unpaired) electrons. The number of hydrogen-bond acceptors (Lipinski definition) is 8. The Morgan fingerprint density at radius 3 is 2.22 bits per heavy atom. The molecule has 2 saturated heterocycles. The van der Waals surface area contributed by atoms with E-state index in [9.17, 15) is 24.0 Å². The van der Waals surface area contributed by atoms with Gasteiger partial charge in [-0.2, -0.15) is 24.4 Å². The minimum absolute atomic E-state index is 0.205. The summed E-state index contributed by atoms with van der Waals surface area (Å²) in [6.07, 6.45) is 2.89. The summed E-state index contributed by atoms with van der Waals surface area (Å²) in [4.78, 5) is 65.1. The molecule has 4 amide bonds. The fourth-order valence-corrected chi connectivity index (χ4v) is 5.09. The number of hydrogen-bond donors (Lipinski definition) is 5. The lowest BCUT2D eigenvalue weighted by Gasteiger charge is -2.28. The van der Waals surface area contributed by atoms with Crippen LogP contribution in [0.25, 0.3) is 0 Å². The standard InChI is InChI=1S/C24H38N4O6S2/c1-12(2)18-22(31)25-16-11-36-14(5)20(28-21(16)30)23(32)27-19(13(3)4)24(33)34-15(8-6-7-9-35)10-17(29)26-18/h6,8,12-16,18-20,35H,7,9-11H2,1-5H3,(H,25,31)(H,26,29)(H,27,32)(H,28,30)/b8-6+/t14-,15+,16-,18-,19+,20?/m1/s1. The Hall–Kier alpha value is -2.21.